The number of nitrogens with zero attached hydrogens (tertiary/aromatic N) is 1. The maximum atomic E-state index is 12.6. The van der Waals surface area contributed by atoms with Gasteiger partial charge in [-0.25, -0.2) is 0 Å². The first-order valence-electron chi connectivity index (χ1n) is 10.1. The maximum absolute atomic E-state index is 12.6. The van der Waals surface area contributed by atoms with Crippen molar-refractivity contribution >= 4 is 17.4 Å². The minimum absolute atomic E-state index is 0.0120. The van der Waals surface area contributed by atoms with Crippen molar-refractivity contribution in [2.45, 2.75) is 32.2 Å². The minimum atomic E-state index is -0.0539. The van der Waals surface area contributed by atoms with Crippen molar-refractivity contribution in [2.24, 2.45) is 0 Å². The van der Waals surface area contributed by atoms with Gasteiger partial charge in [0, 0.05) is 23.7 Å². The molecule has 0 radical (unpaired) electrons. The normalized spacial score (nSPS) is 18.9. The van der Waals surface area contributed by atoms with Gasteiger partial charge in [0.1, 0.15) is 0 Å². The van der Waals surface area contributed by atoms with Crippen LogP contribution in [-0.4, -0.2) is 42.9 Å². The molecule has 4 rings (SSSR count). The van der Waals surface area contributed by atoms with E-state index >= 15 is 0 Å². The summed E-state index contributed by atoms with van der Waals surface area (Å²) in [6, 6.07) is 13.3. The van der Waals surface area contributed by atoms with Gasteiger partial charge in [0.05, 0.1) is 19.8 Å². The van der Waals surface area contributed by atoms with E-state index in [-0.39, 0.29) is 17.7 Å². The molecule has 0 spiro atoms. The number of carbonyl (C=O) groups excluding carboxylic acids is 2. The summed E-state index contributed by atoms with van der Waals surface area (Å²) in [6.07, 6.45) is 2.95. The molecule has 1 saturated heterocycles. The SMILES string of the molecule is CC(=O)c1ccc(NC(=O)CN2CCCC2c2ccc3c(c2)OCCCO3)cc1. The molecule has 0 aliphatic carbocycles. The maximum Gasteiger partial charge on any atom is 0.238 e. The summed E-state index contributed by atoms with van der Waals surface area (Å²) >= 11 is 0. The summed E-state index contributed by atoms with van der Waals surface area (Å²) in [5.41, 5.74) is 2.49. The Morgan fingerprint density at radius 2 is 1.79 bits per heavy atom. The van der Waals surface area contributed by atoms with Crippen molar-refractivity contribution in [2.75, 3.05) is 31.6 Å². The van der Waals surface area contributed by atoms with E-state index in [0.29, 0.717) is 31.0 Å². The van der Waals surface area contributed by atoms with Crippen molar-refractivity contribution in [3.05, 3.63) is 53.6 Å². The fourth-order valence-corrected chi connectivity index (χ4v) is 3.95. The second-order valence-corrected chi connectivity index (χ2v) is 7.57. The van der Waals surface area contributed by atoms with Crippen molar-refractivity contribution in [3.8, 4) is 11.5 Å². The fraction of sp³-hybridized carbons (Fsp3) is 0.391. The molecule has 6 nitrogen and oxygen atoms in total. The summed E-state index contributed by atoms with van der Waals surface area (Å²) in [4.78, 5) is 26.2. The van der Waals surface area contributed by atoms with Crippen LogP contribution in [0, 0.1) is 0 Å². The van der Waals surface area contributed by atoms with Crippen LogP contribution in [0.15, 0.2) is 42.5 Å². The summed E-state index contributed by atoms with van der Waals surface area (Å²) < 4.78 is 11.5. The van der Waals surface area contributed by atoms with Crippen LogP contribution in [0.3, 0.4) is 0 Å². The average molecular weight is 394 g/mol. The van der Waals surface area contributed by atoms with Gasteiger partial charge in [-0.15, -0.1) is 0 Å². The molecule has 1 fully saturated rings. The van der Waals surface area contributed by atoms with Crippen LogP contribution in [0.2, 0.25) is 0 Å². The molecule has 2 aliphatic heterocycles. The van der Waals surface area contributed by atoms with Crippen molar-refractivity contribution in [1.82, 2.24) is 4.90 Å². The molecule has 6 heteroatoms. The van der Waals surface area contributed by atoms with Gasteiger partial charge in [-0.2, -0.15) is 0 Å². The van der Waals surface area contributed by atoms with Crippen molar-refractivity contribution in [3.63, 3.8) is 0 Å². The third-order valence-electron chi connectivity index (χ3n) is 5.44. The Balaban J connectivity index is 1.41. The monoisotopic (exact) mass is 394 g/mol. The smallest absolute Gasteiger partial charge is 0.238 e. The van der Waals surface area contributed by atoms with Gasteiger partial charge in [0.15, 0.2) is 17.3 Å². The first-order valence-corrected chi connectivity index (χ1v) is 10.1. The lowest BCUT2D eigenvalue weighted by Crippen LogP contribution is -2.33. The van der Waals surface area contributed by atoms with Gasteiger partial charge in [-0.05, 0) is 68.3 Å². The van der Waals surface area contributed by atoms with E-state index in [4.69, 9.17) is 9.47 Å². The number of hydrogen-bond donors (Lipinski definition) is 1. The molecule has 2 heterocycles. The van der Waals surface area contributed by atoms with Crippen LogP contribution in [0.4, 0.5) is 5.69 Å². The highest BCUT2D eigenvalue weighted by molar-refractivity contribution is 5.96. The molecular weight excluding hydrogens is 368 g/mol. The fourth-order valence-electron chi connectivity index (χ4n) is 3.95. The summed E-state index contributed by atoms with van der Waals surface area (Å²) in [7, 11) is 0. The lowest BCUT2D eigenvalue weighted by atomic mass is 10.0. The van der Waals surface area contributed by atoms with Crippen LogP contribution < -0.4 is 14.8 Å². The molecule has 0 saturated carbocycles. The zero-order valence-corrected chi connectivity index (χ0v) is 16.6. The number of ether oxygens (including phenoxy) is 2. The standard InChI is InChI=1S/C23H26N2O4/c1-16(26)17-5-8-19(9-6-17)24-23(27)15-25-11-2-4-20(25)18-7-10-21-22(14-18)29-13-3-12-28-21/h5-10,14,20H,2-4,11-13,15H2,1H3,(H,24,27). The molecule has 1 N–H and O–H groups in total. The molecule has 152 valence electrons. The topological polar surface area (TPSA) is 67.9 Å². The van der Waals surface area contributed by atoms with Crippen LogP contribution in [-0.2, 0) is 4.79 Å². The number of rotatable bonds is 5. The predicted molar refractivity (Wildman–Crippen MR) is 111 cm³/mol. The molecule has 2 aliphatic rings. The number of carbonyl (C=O) groups is 2. The Hall–Kier alpha value is -2.86. The van der Waals surface area contributed by atoms with Gasteiger partial charge in [0.2, 0.25) is 5.91 Å². The Morgan fingerprint density at radius 3 is 2.55 bits per heavy atom. The number of likely N-dealkylation sites (tertiary alicyclic amines) is 1. The number of Topliss-reactive ketones (excluding diaryl/α,β-unsaturated/α-hetero) is 1. The Labute approximate surface area is 170 Å². The molecule has 1 atom stereocenters. The largest absolute Gasteiger partial charge is 0.490 e. The van der Waals surface area contributed by atoms with Gasteiger partial charge in [0.25, 0.3) is 0 Å². The lowest BCUT2D eigenvalue weighted by Gasteiger charge is -2.25. The number of benzene rings is 2. The van der Waals surface area contributed by atoms with Gasteiger partial charge < -0.3 is 14.8 Å². The van der Waals surface area contributed by atoms with Gasteiger partial charge in [-0.1, -0.05) is 6.07 Å². The summed E-state index contributed by atoms with van der Waals surface area (Å²) in [5, 5.41) is 2.93. The number of nitrogens with one attached hydrogen (secondary N) is 1. The average Bonchev–Trinajstić information content (AvgIpc) is 3.03. The second-order valence-electron chi connectivity index (χ2n) is 7.57. The Bertz CT molecular complexity index is 894. The molecular formula is C23H26N2O4. The zero-order valence-electron chi connectivity index (χ0n) is 16.6. The Kier molecular flexibility index (Phi) is 5.81. The van der Waals surface area contributed by atoms with Crippen LogP contribution in [0.1, 0.15) is 48.1 Å². The highest BCUT2D eigenvalue weighted by Crippen LogP contribution is 2.37. The van der Waals surface area contributed by atoms with E-state index in [1.165, 1.54) is 6.92 Å². The van der Waals surface area contributed by atoms with Gasteiger partial charge >= 0.3 is 0 Å². The number of ketones is 1. The first kappa shape index (κ1) is 19.5. The summed E-state index contributed by atoms with van der Waals surface area (Å²) in [6.45, 7) is 4.08. The van der Waals surface area contributed by atoms with E-state index < -0.39 is 0 Å². The number of fused-ring (bicyclic) bond motifs is 1. The zero-order chi connectivity index (χ0) is 20.2. The van der Waals surface area contributed by atoms with Crippen LogP contribution in [0.25, 0.3) is 0 Å². The van der Waals surface area contributed by atoms with Gasteiger partial charge in [-0.3, -0.25) is 14.5 Å². The first-order chi connectivity index (χ1) is 14.1. The van der Waals surface area contributed by atoms with E-state index in [9.17, 15) is 9.59 Å². The number of amides is 1. The second kappa shape index (κ2) is 8.66. The third kappa shape index (κ3) is 4.59. The third-order valence-corrected chi connectivity index (χ3v) is 5.44. The number of anilines is 1. The Morgan fingerprint density at radius 1 is 1.03 bits per heavy atom. The molecule has 2 aromatic rings. The molecule has 2 aromatic carbocycles. The van der Waals surface area contributed by atoms with E-state index in [1.54, 1.807) is 24.3 Å². The highest BCUT2D eigenvalue weighted by Gasteiger charge is 2.28. The molecule has 0 bridgehead atoms. The van der Waals surface area contributed by atoms with E-state index in [0.717, 1.165) is 42.9 Å². The molecule has 1 unspecified atom stereocenters. The predicted octanol–water partition coefficient (Wildman–Crippen LogP) is 3.83. The molecule has 1 amide bonds. The van der Waals surface area contributed by atoms with E-state index in [2.05, 4.69) is 22.3 Å². The van der Waals surface area contributed by atoms with E-state index in [1.807, 2.05) is 6.07 Å². The minimum Gasteiger partial charge on any atom is -0.490 e. The van der Waals surface area contributed by atoms with Crippen LogP contribution >= 0.6 is 0 Å². The lowest BCUT2D eigenvalue weighted by molar-refractivity contribution is -0.117. The van der Waals surface area contributed by atoms with Crippen molar-refractivity contribution < 1.29 is 19.1 Å². The highest BCUT2D eigenvalue weighted by atomic mass is 16.5. The summed E-state index contributed by atoms with van der Waals surface area (Å²) in [5.74, 6) is 1.55. The van der Waals surface area contributed by atoms with Crippen molar-refractivity contribution in [1.29, 1.82) is 0 Å². The number of hydrogen-bond acceptors (Lipinski definition) is 5. The van der Waals surface area contributed by atoms with Crippen LogP contribution in [0.5, 0.6) is 11.5 Å². The molecule has 0 aromatic heterocycles. The quantitative estimate of drug-likeness (QED) is 0.781. The molecule has 29 heavy (non-hydrogen) atoms.